The van der Waals surface area contributed by atoms with Crippen LogP contribution < -0.4 is 14.4 Å². The van der Waals surface area contributed by atoms with Crippen LogP contribution in [0.2, 0.25) is 5.02 Å². The number of hydrogen-bond acceptors (Lipinski definition) is 5. The molecule has 0 aromatic heterocycles. The van der Waals surface area contributed by atoms with Gasteiger partial charge < -0.3 is 14.6 Å². The Morgan fingerprint density at radius 3 is 2.27 bits per heavy atom. The maximum atomic E-state index is 15.0. The van der Waals surface area contributed by atoms with Crippen molar-refractivity contribution in [3.05, 3.63) is 93.8 Å². The third-order valence-electron chi connectivity index (χ3n) is 5.82. The van der Waals surface area contributed by atoms with Gasteiger partial charge in [0.05, 0.1) is 42.0 Å². The summed E-state index contributed by atoms with van der Waals surface area (Å²) in [4.78, 5) is 27.1. The molecule has 1 unspecified atom stereocenters. The maximum Gasteiger partial charge on any atom is 0.416 e. The predicted molar refractivity (Wildman–Crippen MR) is 127 cm³/mol. The molecule has 0 saturated carbocycles. The van der Waals surface area contributed by atoms with Gasteiger partial charge >= 0.3 is 6.18 Å². The predicted octanol–water partition coefficient (Wildman–Crippen LogP) is 6.14. The molecule has 1 aliphatic heterocycles. The van der Waals surface area contributed by atoms with E-state index in [1.807, 2.05) is 0 Å². The molecule has 192 valence electrons. The number of Topliss-reactive ketones (excluding diaryl/α,β-unsaturated/α-hetero) is 1. The van der Waals surface area contributed by atoms with Crippen molar-refractivity contribution in [1.82, 2.24) is 0 Å². The zero-order chi connectivity index (χ0) is 27.1. The number of nitrogens with zero attached hydrogens (tertiary/aromatic N) is 1. The van der Waals surface area contributed by atoms with Crippen LogP contribution in [0.3, 0.4) is 0 Å². The van der Waals surface area contributed by atoms with Crippen LogP contribution in [0.25, 0.3) is 5.76 Å². The van der Waals surface area contributed by atoms with Gasteiger partial charge in [-0.3, -0.25) is 14.5 Å². The van der Waals surface area contributed by atoms with Crippen molar-refractivity contribution in [2.24, 2.45) is 0 Å². The van der Waals surface area contributed by atoms with Crippen LogP contribution in [0.15, 0.2) is 66.2 Å². The van der Waals surface area contributed by atoms with E-state index in [-0.39, 0.29) is 33.3 Å². The van der Waals surface area contributed by atoms with Crippen LogP contribution >= 0.6 is 11.6 Å². The minimum absolute atomic E-state index is 0.0105. The average molecular weight is 536 g/mol. The summed E-state index contributed by atoms with van der Waals surface area (Å²) in [5.74, 6) is -3.91. The number of aliphatic hydroxyl groups excluding tert-OH is 1. The molecular formula is C26H18ClF4NO5. The van der Waals surface area contributed by atoms with Crippen molar-refractivity contribution >= 4 is 34.7 Å². The number of amides is 1. The van der Waals surface area contributed by atoms with Gasteiger partial charge in [0.1, 0.15) is 23.1 Å². The van der Waals surface area contributed by atoms with Gasteiger partial charge in [0.2, 0.25) is 0 Å². The van der Waals surface area contributed by atoms with E-state index in [1.165, 1.54) is 50.6 Å². The summed E-state index contributed by atoms with van der Waals surface area (Å²) < 4.78 is 65.6. The summed E-state index contributed by atoms with van der Waals surface area (Å²) >= 11 is 6.19. The molecule has 1 heterocycles. The zero-order valence-electron chi connectivity index (χ0n) is 19.3. The highest BCUT2D eigenvalue weighted by Crippen LogP contribution is 2.46. The molecule has 0 aliphatic carbocycles. The minimum Gasteiger partial charge on any atom is -0.507 e. The number of benzene rings is 3. The topological polar surface area (TPSA) is 76.1 Å². The molecule has 1 atom stereocenters. The smallest absolute Gasteiger partial charge is 0.416 e. The lowest BCUT2D eigenvalue weighted by Crippen LogP contribution is -2.30. The van der Waals surface area contributed by atoms with Gasteiger partial charge in [-0.05, 0) is 30.3 Å². The van der Waals surface area contributed by atoms with Crippen LogP contribution in [0, 0.1) is 5.82 Å². The van der Waals surface area contributed by atoms with E-state index in [9.17, 15) is 27.9 Å². The van der Waals surface area contributed by atoms with Gasteiger partial charge in [0.25, 0.3) is 11.7 Å². The highest BCUT2D eigenvalue weighted by molar-refractivity contribution is 6.51. The molecule has 4 rings (SSSR count). The number of halogens is 5. The Morgan fingerprint density at radius 1 is 0.973 bits per heavy atom. The first-order valence-corrected chi connectivity index (χ1v) is 11.0. The zero-order valence-corrected chi connectivity index (χ0v) is 20.0. The molecule has 0 radical (unpaired) electrons. The fourth-order valence-electron chi connectivity index (χ4n) is 4.11. The molecule has 1 saturated heterocycles. The van der Waals surface area contributed by atoms with Crippen molar-refractivity contribution < 1.29 is 41.7 Å². The number of ketones is 1. The Kier molecular flexibility index (Phi) is 6.88. The second-order valence-electron chi connectivity index (χ2n) is 7.93. The second-order valence-corrected chi connectivity index (χ2v) is 8.33. The Hall–Kier alpha value is -4.05. The molecule has 1 aliphatic rings. The lowest BCUT2D eigenvalue weighted by molar-refractivity contribution is -0.137. The first kappa shape index (κ1) is 26.0. The molecule has 1 N–H and O–H groups in total. The lowest BCUT2D eigenvalue weighted by Gasteiger charge is -2.26. The number of hydrogen-bond donors (Lipinski definition) is 1. The van der Waals surface area contributed by atoms with Crippen molar-refractivity contribution in [2.75, 3.05) is 19.1 Å². The molecule has 11 heteroatoms. The minimum atomic E-state index is -4.75. The van der Waals surface area contributed by atoms with Crippen molar-refractivity contribution in [1.29, 1.82) is 0 Å². The Morgan fingerprint density at radius 2 is 1.65 bits per heavy atom. The van der Waals surface area contributed by atoms with Gasteiger partial charge in [-0.2, -0.15) is 13.2 Å². The highest BCUT2D eigenvalue weighted by Gasteiger charge is 2.48. The normalized spacial score (nSPS) is 17.3. The van der Waals surface area contributed by atoms with E-state index in [2.05, 4.69) is 0 Å². The van der Waals surface area contributed by atoms with Crippen LogP contribution in [0.1, 0.15) is 22.7 Å². The van der Waals surface area contributed by atoms with Crippen molar-refractivity contribution in [3.8, 4) is 11.5 Å². The highest BCUT2D eigenvalue weighted by atomic mass is 35.5. The maximum absolute atomic E-state index is 15.0. The monoisotopic (exact) mass is 535 g/mol. The fraction of sp³-hybridized carbons (Fsp3) is 0.154. The summed E-state index contributed by atoms with van der Waals surface area (Å²) in [5.41, 5.74) is -2.30. The summed E-state index contributed by atoms with van der Waals surface area (Å²) in [6.45, 7) is 0. The van der Waals surface area contributed by atoms with Crippen LogP contribution in [0.5, 0.6) is 11.5 Å². The second kappa shape index (κ2) is 9.78. The molecule has 1 amide bonds. The number of carbonyl (C=O) groups excluding carboxylic acids is 2. The Bertz CT molecular complexity index is 1440. The van der Waals surface area contributed by atoms with Crippen molar-refractivity contribution in [2.45, 2.75) is 12.2 Å². The Labute approximate surface area is 213 Å². The molecule has 3 aromatic rings. The molecule has 37 heavy (non-hydrogen) atoms. The van der Waals surface area contributed by atoms with Crippen LogP contribution in [-0.2, 0) is 15.8 Å². The Balaban J connectivity index is 2.01. The number of methoxy groups -OCH3 is 2. The summed E-state index contributed by atoms with van der Waals surface area (Å²) in [6, 6.07) is 9.77. The standard InChI is InChI=1S/C26H18ClF4NO5/c1-36-19-12-20(37-2)17(27)11-16(19)23(33)21-22(15-8-3-4-9-18(15)28)32(25(35)24(21)34)14-7-5-6-13(10-14)26(29,30)31/h3-12,22,33H,1-2H3/b23-21+. The average Bonchev–Trinajstić information content (AvgIpc) is 3.13. The number of aliphatic hydroxyl groups is 1. The summed E-state index contributed by atoms with van der Waals surface area (Å²) in [6.07, 6.45) is -4.75. The number of alkyl halides is 3. The van der Waals surface area contributed by atoms with E-state index in [4.69, 9.17) is 21.1 Å². The molecule has 1 fully saturated rings. The van der Waals surface area contributed by atoms with E-state index < -0.39 is 46.6 Å². The quantitative estimate of drug-likeness (QED) is 0.184. The largest absolute Gasteiger partial charge is 0.507 e. The van der Waals surface area contributed by atoms with E-state index in [0.29, 0.717) is 6.07 Å². The molecule has 0 spiro atoms. The van der Waals surface area contributed by atoms with E-state index in [1.54, 1.807) is 0 Å². The third-order valence-corrected chi connectivity index (χ3v) is 6.12. The van der Waals surface area contributed by atoms with Gasteiger partial charge in [-0.15, -0.1) is 0 Å². The summed E-state index contributed by atoms with van der Waals surface area (Å²) in [5, 5.41) is 11.3. The first-order chi connectivity index (χ1) is 17.5. The molecular weight excluding hydrogens is 518 g/mol. The molecule has 0 bridgehead atoms. The number of anilines is 1. The van der Waals surface area contributed by atoms with Gasteiger partial charge in [0, 0.05) is 17.3 Å². The van der Waals surface area contributed by atoms with Gasteiger partial charge in [-0.1, -0.05) is 35.9 Å². The van der Waals surface area contributed by atoms with Gasteiger partial charge in [-0.25, -0.2) is 4.39 Å². The van der Waals surface area contributed by atoms with E-state index >= 15 is 4.39 Å². The first-order valence-electron chi connectivity index (χ1n) is 10.6. The van der Waals surface area contributed by atoms with Crippen LogP contribution in [-0.4, -0.2) is 31.0 Å². The van der Waals surface area contributed by atoms with Crippen molar-refractivity contribution in [3.63, 3.8) is 0 Å². The third kappa shape index (κ3) is 4.60. The SMILES string of the molecule is COc1cc(OC)c(/C(O)=C2\C(=O)C(=O)N(c3cccc(C(F)(F)F)c3)C2c2ccccc2F)cc1Cl. The van der Waals surface area contributed by atoms with Gasteiger partial charge in [0.15, 0.2) is 0 Å². The number of carbonyl (C=O) groups is 2. The van der Waals surface area contributed by atoms with E-state index in [0.717, 1.165) is 23.1 Å². The van der Waals surface area contributed by atoms with Crippen LogP contribution in [0.4, 0.5) is 23.2 Å². The molecule has 6 nitrogen and oxygen atoms in total. The fourth-order valence-corrected chi connectivity index (χ4v) is 4.35. The summed E-state index contributed by atoms with van der Waals surface area (Å²) in [7, 11) is 2.62. The lowest BCUT2D eigenvalue weighted by atomic mass is 9.94. The number of ether oxygens (including phenoxy) is 2. The number of rotatable bonds is 5. The molecule has 3 aromatic carbocycles.